The first-order valence-electron chi connectivity index (χ1n) is 19.7. The molecule has 13 heteroatoms. The molecule has 5 N–H and O–H groups in total. The second-order valence-electron chi connectivity index (χ2n) is 18.6. The highest BCUT2D eigenvalue weighted by atomic mass is 16.7. The Labute approximate surface area is 306 Å². The van der Waals surface area contributed by atoms with Crippen molar-refractivity contribution < 1.29 is 58.9 Å². The maximum atomic E-state index is 13.7. The molecule has 0 amide bonds. The first-order chi connectivity index (χ1) is 24.1. The summed E-state index contributed by atoms with van der Waals surface area (Å²) >= 11 is 0. The smallest absolute Gasteiger partial charge is 0.338 e. The standard InChI is InChI=1S/C39H61NO12/c1-9-20(4)32(43)51-31-29(42)28-22(18-40-17-19(3)11-12-26(40)36(28,8)46)23-16-37-30(38(23,31)47)24(49-21(5)41)15-25-34(37,6)14-13-27(39(25,48)52-37)50-33(44)35(7,45)10-2/h19-20,22-31,42,45-48H,9-18H2,1-8H3/t19-,20?,22-,23-,24+,25-,26-,27-,28+,29+,30+,31-,34-,35?,36+,37-,38-,39-/m0/s1. The van der Waals surface area contributed by atoms with Crippen LogP contribution in [0.2, 0.25) is 0 Å². The maximum absolute atomic E-state index is 13.7. The summed E-state index contributed by atoms with van der Waals surface area (Å²) in [4.78, 5) is 42.0. The van der Waals surface area contributed by atoms with Crippen LogP contribution in [-0.2, 0) is 33.3 Å². The highest BCUT2D eigenvalue weighted by Crippen LogP contribution is 2.77. The molecule has 4 aliphatic carbocycles. The van der Waals surface area contributed by atoms with E-state index in [9.17, 15) is 39.9 Å². The van der Waals surface area contributed by atoms with E-state index in [-0.39, 0.29) is 31.7 Å². The highest BCUT2D eigenvalue weighted by Gasteiger charge is 2.87. The minimum absolute atomic E-state index is 0.0475. The number of aliphatic hydroxyl groups is 5. The molecular formula is C39H61NO12. The van der Waals surface area contributed by atoms with Crippen molar-refractivity contribution in [2.45, 2.75) is 165 Å². The lowest BCUT2D eigenvalue weighted by Crippen LogP contribution is -2.77. The van der Waals surface area contributed by atoms with E-state index in [1.165, 1.54) is 13.8 Å². The van der Waals surface area contributed by atoms with E-state index in [0.717, 1.165) is 19.4 Å². The molecular weight excluding hydrogens is 674 g/mol. The third kappa shape index (κ3) is 5.01. The summed E-state index contributed by atoms with van der Waals surface area (Å²) in [7, 11) is 0. The van der Waals surface area contributed by atoms with Crippen molar-refractivity contribution in [2.24, 2.45) is 46.8 Å². The normalized spacial score (nSPS) is 52.2. The van der Waals surface area contributed by atoms with E-state index in [0.29, 0.717) is 25.3 Å². The molecule has 7 fully saturated rings. The van der Waals surface area contributed by atoms with Gasteiger partial charge < -0.3 is 44.5 Å². The Morgan fingerprint density at radius 1 is 1.04 bits per heavy atom. The summed E-state index contributed by atoms with van der Waals surface area (Å²) < 4.78 is 25.2. The van der Waals surface area contributed by atoms with Gasteiger partial charge in [0.15, 0.2) is 17.8 Å². The van der Waals surface area contributed by atoms with Gasteiger partial charge in [-0.15, -0.1) is 0 Å². The van der Waals surface area contributed by atoms with Crippen LogP contribution in [0.15, 0.2) is 0 Å². The molecule has 18 atom stereocenters. The summed E-state index contributed by atoms with van der Waals surface area (Å²) in [6, 6.07) is -0.243. The van der Waals surface area contributed by atoms with Crippen LogP contribution in [0.1, 0.15) is 107 Å². The van der Waals surface area contributed by atoms with Gasteiger partial charge in [-0.25, -0.2) is 4.79 Å². The van der Waals surface area contributed by atoms with Crippen LogP contribution in [-0.4, -0.2) is 120 Å². The number of fused-ring (bicyclic) bond motifs is 5. The summed E-state index contributed by atoms with van der Waals surface area (Å²) in [6.45, 7) is 15.0. The zero-order valence-corrected chi connectivity index (χ0v) is 32.0. The van der Waals surface area contributed by atoms with Crippen molar-refractivity contribution in [1.29, 1.82) is 0 Å². The molecule has 2 unspecified atom stereocenters. The van der Waals surface area contributed by atoms with Gasteiger partial charge >= 0.3 is 17.9 Å². The summed E-state index contributed by atoms with van der Waals surface area (Å²) in [6.07, 6.45) is -2.10. The number of piperidine rings is 2. The molecule has 13 nitrogen and oxygen atoms in total. The molecule has 0 aromatic carbocycles. The van der Waals surface area contributed by atoms with Crippen molar-refractivity contribution in [2.75, 3.05) is 13.1 Å². The molecule has 3 saturated heterocycles. The first-order valence-corrected chi connectivity index (χ1v) is 19.7. The Morgan fingerprint density at radius 3 is 2.37 bits per heavy atom. The zero-order chi connectivity index (χ0) is 38.1. The predicted molar refractivity (Wildman–Crippen MR) is 184 cm³/mol. The van der Waals surface area contributed by atoms with Crippen LogP contribution in [0, 0.1) is 46.8 Å². The van der Waals surface area contributed by atoms with Gasteiger partial charge in [-0.2, -0.15) is 0 Å². The van der Waals surface area contributed by atoms with Gasteiger partial charge in [-0.3, -0.25) is 14.5 Å². The summed E-state index contributed by atoms with van der Waals surface area (Å²) in [5, 5.41) is 62.1. The number of carbonyl (C=O) groups is 3. The molecule has 3 aliphatic heterocycles. The number of ether oxygens (including phenoxy) is 4. The predicted octanol–water partition coefficient (Wildman–Crippen LogP) is 2.07. The van der Waals surface area contributed by atoms with Crippen LogP contribution < -0.4 is 0 Å². The Morgan fingerprint density at radius 2 is 1.73 bits per heavy atom. The fraction of sp³-hybridized carbons (Fsp3) is 0.923. The second-order valence-corrected chi connectivity index (χ2v) is 18.6. The van der Waals surface area contributed by atoms with Crippen molar-refractivity contribution in [1.82, 2.24) is 4.90 Å². The number of esters is 3. The molecule has 4 saturated carbocycles. The molecule has 0 aromatic rings. The monoisotopic (exact) mass is 735 g/mol. The van der Waals surface area contributed by atoms with Gasteiger partial charge in [0, 0.05) is 43.3 Å². The Bertz CT molecular complexity index is 1470. The van der Waals surface area contributed by atoms with Gasteiger partial charge in [0.1, 0.15) is 11.7 Å². The number of rotatable bonds is 7. The molecule has 3 heterocycles. The number of hydrogen-bond acceptors (Lipinski definition) is 13. The van der Waals surface area contributed by atoms with Gasteiger partial charge in [0.05, 0.1) is 29.1 Å². The Hall–Kier alpha value is -1.87. The van der Waals surface area contributed by atoms with Crippen LogP contribution in [0.5, 0.6) is 0 Å². The van der Waals surface area contributed by atoms with E-state index in [1.54, 1.807) is 20.8 Å². The number of carbonyl (C=O) groups excluding carboxylic acids is 3. The molecule has 52 heavy (non-hydrogen) atoms. The molecule has 7 rings (SSSR count). The van der Waals surface area contributed by atoms with E-state index in [4.69, 9.17) is 18.9 Å². The van der Waals surface area contributed by atoms with E-state index in [2.05, 4.69) is 11.8 Å². The maximum Gasteiger partial charge on any atom is 0.338 e. The minimum atomic E-state index is -2.06. The molecule has 1 spiro atoms. The third-order valence-electron chi connectivity index (χ3n) is 15.7. The Kier molecular flexibility index (Phi) is 9.10. The zero-order valence-electron chi connectivity index (χ0n) is 32.0. The van der Waals surface area contributed by atoms with Crippen LogP contribution in [0.4, 0.5) is 0 Å². The van der Waals surface area contributed by atoms with Gasteiger partial charge in [-0.1, -0.05) is 34.6 Å². The third-order valence-corrected chi connectivity index (χ3v) is 15.7. The van der Waals surface area contributed by atoms with E-state index >= 15 is 0 Å². The number of hydrogen-bond donors (Lipinski definition) is 5. The minimum Gasteiger partial charge on any atom is -0.462 e. The lowest BCUT2D eigenvalue weighted by molar-refractivity contribution is -0.300. The highest BCUT2D eigenvalue weighted by molar-refractivity contribution is 5.79. The number of nitrogens with zero attached hydrogens (tertiary/aromatic N) is 1. The molecule has 0 aromatic heterocycles. The fourth-order valence-corrected chi connectivity index (χ4v) is 12.8. The molecule has 7 aliphatic rings. The lowest BCUT2D eigenvalue weighted by atomic mass is 9.49. The average Bonchev–Trinajstić information content (AvgIpc) is 3.34. The quantitative estimate of drug-likeness (QED) is 0.189. The molecule has 0 radical (unpaired) electrons. The molecule has 294 valence electrons. The fourth-order valence-electron chi connectivity index (χ4n) is 12.8. The van der Waals surface area contributed by atoms with E-state index < -0.39 is 111 Å². The van der Waals surface area contributed by atoms with Crippen molar-refractivity contribution in [3.8, 4) is 0 Å². The SMILES string of the molecule is CCC(C)C(=O)O[C@H]1[C@H](O)[C@H]2[C@@H](CN3C[C@@H](C)CC[C@H]3[C@@]2(C)O)[C@@H]2C[C@@]34O[C@]5(O)[C@@H](OC(=O)C(C)(O)CC)CC[C@@]3(C)[C@@H]5C[C@@H](OC(C)=O)[C@H]4[C@@]21O. The van der Waals surface area contributed by atoms with Gasteiger partial charge in [0.25, 0.3) is 0 Å². The van der Waals surface area contributed by atoms with E-state index in [1.807, 2.05) is 13.8 Å². The second kappa shape index (κ2) is 12.3. The first kappa shape index (κ1) is 38.4. The largest absolute Gasteiger partial charge is 0.462 e. The molecule has 4 bridgehead atoms. The summed E-state index contributed by atoms with van der Waals surface area (Å²) in [5.41, 5.74) is -7.42. The van der Waals surface area contributed by atoms with Gasteiger partial charge in [-0.05, 0) is 83.0 Å². The summed E-state index contributed by atoms with van der Waals surface area (Å²) in [5.74, 6) is -8.04. The van der Waals surface area contributed by atoms with Gasteiger partial charge in [0.2, 0.25) is 5.79 Å². The number of aliphatic hydroxyl groups excluding tert-OH is 1. The van der Waals surface area contributed by atoms with Crippen molar-refractivity contribution >= 4 is 17.9 Å². The van der Waals surface area contributed by atoms with Crippen LogP contribution >= 0.6 is 0 Å². The van der Waals surface area contributed by atoms with Crippen molar-refractivity contribution in [3.05, 3.63) is 0 Å². The van der Waals surface area contributed by atoms with Crippen LogP contribution in [0.25, 0.3) is 0 Å². The Balaban J connectivity index is 1.39. The topological polar surface area (TPSA) is 193 Å². The average molecular weight is 736 g/mol. The van der Waals surface area contributed by atoms with Crippen LogP contribution in [0.3, 0.4) is 0 Å². The lowest BCUT2D eigenvalue weighted by Gasteiger charge is -2.64. The van der Waals surface area contributed by atoms with Crippen molar-refractivity contribution in [3.63, 3.8) is 0 Å².